The van der Waals surface area contributed by atoms with Crippen molar-refractivity contribution in [3.63, 3.8) is 0 Å². The van der Waals surface area contributed by atoms with Gasteiger partial charge in [-0.1, -0.05) is 26.7 Å². The minimum absolute atomic E-state index is 0.809. The molecule has 0 bridgehead atoms. The van der Waals surface area contributed by atoms with Crippen molar-refractivity contribution in [1.29, 1.82) is 0 Å². The SMILES string of the molecule is Cc1cnnc(NCCCCC(C)C)c1. The van der Waals surface area contributed by atoms with Gasteiger partial charge in [0.25, 0.3) is 0 Å². The van der Waals surface area contributed by atoms with Gasteiger partial charge in [0.1, 0.15) is 5.82 Å². The molecular weight excluding hydrogens is 186 g/mol. The van der Waals surface area contributed by atoms with Gasteiger partial charge < -0.3 is 5.32 Å². The minimum atomic E-state index is 0.809. The minimum Gasteiger partial charge on any atom is -0.369 e. The summed E-state index contributed by atoms with van der Waals surface area (Å²) in [5, 5.41) is 11.2. The molecule has 0 aliphatic heterocycles. The smallest absolute Gasteiger partial charge is 0.148 e. The van der Waals surface area contributed by atoms with Crippen LogP contribution in [0, 0.1) is 12.8 Å². The monoisotopic (exact) mass is 207 g/mol. The Bertz CT molecular complexity index is 284. The third-order valence-corrected chi connectivity index (χ3v) is 2.31. The zero-order chi connectivity index (χ0) is 11.1. The number of aromatic nitrogens is 2. The quantitative estimate of drug-likeness (QED) is 0.729. The lowest BCUT2D eigenvalue weighted by molar-refractivity contribution is 0.544. The number of anilines is 1. The van der Waals surface area contributed by atoms with Gasteiger partial charge in [0, 0.05) is 6.54 Å². The number of unbranched alkanes of at least 4 members (excludes halogenated alkanes) is 1. The summed E-state index contributed by atoms with van der Waals surface area (Å²) >= 11 is 0. The number of nitrogens with zero attached hydrogens (tertiary/aromatic N) is 2. The predicted octanol–water partition coefficient (Wildman–Crippen LogP) is 3.02. The van der Waals surface area contributed by atoms with E-state index in [0.29, 0.717) is 0 Å². The van der Waals surface area contributed by atoms with Crippen molar-refractivity contribution in [2.45, 2.75) is 40.0 Å². The molecule has 0 fully saturated rings. The molecule has 1 N–H and O–H groups in total. The molecule has 1 aromatic heterocycles. The highest BCUT2D eigenvalue weighted by Gasteiger charge is 1.96. The average molecular weight is 207 g/mol. The molecule has 84 valence electrons. The molecular formula is C12H21N3. The van der Waals surface area contributed by atoms with Crippen molar-refractivity contribution < 1.29 is 0 Å². The Morgan fingerprint density at radius 3 is 2.80 bits per heavy atom. The Labute approximate surface area is 92.3 Å². The number of rotatable bonds is 6. The Balaban J connectivity index is 2.15. The van der Waals surface area contributed by atoms with Crippen molar-refractivity contribution >= 4 is 5.82 Å². The number of hydrogen-bond acceptors (Lipinski definition) is 3. The van der Waals surface area contributed by atoms with Gasteiger partial charge in [-0.25, -0.2) is 0 Å². The van der Waals surface area contributed by atoms with Crippen LogP contribution in [0.4, 0.5) is 5.82 Å². The molecule has 0 saturated heterocycles. The lowest BCUT2D eigenvalue weighted by Crippen LogP contribution is -2.04. The van der Waals surface area contributed by atoms with Crippen LogP contribution in [-0.2, 0) is 0 Å². The lowest BCUT2D eigenvalue weighted by atomic mass is 10.1. The fraction of sp³-hybridized carbons (Fsp3) is 0.667. The number of nitrogens with one attached hydrogen (secondary N) is 1. The maximum Gasteiger partial charge on any atom is 0.148 e. The van der Waals surface area contributed by atoms with Crippen LogP contribution in [-0.4, -0.2) is 16.7 Å². The normalized spacial score (nSPS) is 10.7. The van der Waals surface area contributed by atoms with Crippen LogP contribution < -0.4 is 5.32 Å². The maximum atomic E-state index is 4.01. The summed E-state index contributed by atoms with van der Waals surface area (Å²) in [6.45, 7) is 7.54. The van der Waals surface area contributed by atoms with E-state index >= 15 is 0 Å². The van der Waals surface area contributed by atoms with Crippen LogP contribution in [0.3, 0.4) is 0 Å². The second-order valence-electron chi connectivity index (χ2n) is 4.43. The summed E-state index contributed by atoms with van der Waals surface area (Å²) in [5.41, 5.74) is 1.15. The van der Waals surface area contributed by atoms with Crippen LogP contribution in [0.5, 0.6) is 0 Å². The summed E-state index contributed by atoms with van der Waals surface area (Å²) in [7, 11) is 0. The van der Waals surface area contributed by atoms with Crippen LogP contribution in [0.1, 0.15) is 38.7 Å². The van der Waals surface area contributed by atoms with Gasteiger partial charge in [0.15, 0.2) is 0 Å². The van der Waals surface area contributed by atoms with Crippen molar-refractivity contribution in [1.82, 2.24) is 10.2 Å². The van der Waals surface area contributed by atoms with E-state index in [-0.39, 0.29) is 0 Å². The lowest BCUT2D eigenvalue weighted by Gasteiger charge is -2.06. The van der Waals surface area contributed by atoms with E-state index in [1.54, 1.807) is 6.20 Å². The Morgan fingerprint density at radius 2 is 2.13 bits per heavy atom. The summed E-state index contributed by atoms with van der Waals surface area (Å²) in [4.78, 5) is 0. The molecule has 0 aromatic carbocycles. The molecule has 0 atom stereocenters. The third kappa shape index (κ3) is 5.35. The molecule has 0 aliphatic rings. The van der Waals surface area contributed by atoms with E-state index in [1.807, 2.05) is 13.0 Å². The standard InChI is InChI=1S/C12H21N3/c1-10(2)6-4-5-7-13-12-8-11(3)9-14-15-12/h8-10H,4-7H2,1-3H3,(H,13,15). The van der Waals surface area contributed by atoms with E-state index in [1.165, 1.54) is 19.3 Å². The third-order valence-electron chi connectivity index (χ3n) is 2.31. The highest BCUT2D eigenvalue weighted by atomic mass is 15.2. The fourth-order valence-corrected chi connectivity index (χ4v) is 1.44. The van der Waals surface area contributed by atoms with Gasteiger partial charge in [-0.15, -0.1) is 5.10 Å². The molecule has 3 heteroatoms. The fourth-order valence-electron chi connectivity index (χ4n) is 1.44. The molecule has 1 heterocycles. The number of aryl methyl sites for hydroxylation is 1. The molecule has 3 nitrogen and oxygen atoms in total. The van der Waals surface area contributed by atoms with E-state index in [9.17, 15) is 0 Å². The van der Waals surface area contributed by atoms with E-state index in [0.717, 1.165) is 23.8 Å². The van der Waals surface area contributed by atoms with Crippen molar-refractivity contribution in [3.05, 3.63) is 17.8 Å². The second-order valence-corrected chi connectivity index (χ2v) is 4.43. The first-order valence-corrected chi connectivity index (χ1v) is 5.71. The Hall–Kier alpha value is -1.12. The van der Waals surface area contributed by atoms with Crippen molar-refractivity contribution in [2.75, 3.05) is 11.9 Å². The van der Waals surface area contributed by atoms with Gasteiger partial charge in [0.05, 0.1) is 6.20 Å². The average Bonchev–Trinajstić information content (AvgIpc) is 2.17. The second kappa shape index (κ2) is 6.38. The van der Waals surface area contributed by atoms with Crippen LogP contribution in [0.25, 0.3) is 0 Å². The molecule has 0 unspecified atom stereocenters. The summed E-state index contributed by atoms with van der Waals surface area (Å²) in [6.07, 6.45) is 5.56. The zero-order valence-corrected chi connectivity index (χ0v) is 9.95. The largest absolute Gasteiger partial charge is 0.369 e. The van der Waals surface area contributed by atoms with Gasteiger partial charge in [0.2, 0.25) is 0 Å². The van der Waals surface area contributed by atoms with Crippen molar-refractivity contribution in [2.24, 2.45) is 5.92 Å². The predicted molar refractivity (Wildman–Crippen MR) is 63.9 cm³/mol. The van der Waals surface area contributed by atoms with Crippen LogP contribution in [0.15, 0.2) is 12.3 Å². The topological polar surface area (TPSA) is 37.8 Å². The summed E-state index contributed by atoms with van der Waals surface area (Å²) in [5.74, 6) is 1.70. The Morgan fingerprint density at radius 1 is 1.33 bits per heavy atom. The molecule has 0 radical (unpaired) electrons. The molecule has 0 amide bonds. The molecule has 15 heavy (non-hydrogen) atoms. The maximum absolute atomic E-state index is 4.01. The van der Waals surface area contributed by atoms with E-state index < -0.39 is 0 Å². The molecule has 0 spiro atoms. The van der Waals surface area contributed by atoms with Gasteiger partial charge in [-0.3, -0.25) is 0 Å². The first-order valence-electron chi connectivity index (χ1n) is 5.71. The van der Waals surface area contributed by atoms with E-state index in [2.05, 4.69) is 29.4 Å². The molecule has 0 saturated carbocycles. The summed E-state index contributed by atoms with van der Waals surface area (Å²) in [6, 6.07) is 2.02. The molecule has 1 aromatic rings. The summed E-state index contributed by atoms with van der Waals surface area (Å²) < 4.78 is 0. The Kier molecular flexibility index (Phi) is 5.08. The molecule has 1 rings (SSSR count). The zero-order valence-electron chi connectivity index (χ0n) is 9.95. The highest BCUT2D eigenvalue weighted by molar-refractivity contribution is 5.34. The van der Waals surface area contributed by atoms with Gasteiger partial charge in [-0.05, 0) is 30.9 Å². The van der Waals surface area contributed by atoms with Crippen LogP contribution in [0.2, 0.25) is 0 Å². The van der Waals surface area contributed by atoms with Crippen molar-refractivity contribution in [3.8, 4) is 0 Å². The number of hydrogen-bond donors (Lipinski definition) is 1. The van der Waals surface area contributed by atoms with E-state index in [4.69, 9.17) is 0 Å². The van der Waals surface area contributed by atoms with Crippen LogP contribution >= 0.6 is 0 Å². The first kappa shape index (κ1) is 12.0. The molecule has 0 aliphatic carbocycles. The first-order chi connectivity index (χ1) is 7.18. The highest BCUT2D eigenvalue weighted by Crippen LogP contribution is 2.07. The van der Waals surface area contributed by atoms with Gasteiger partial charge in [-0.2, -0.15) is 5.10 Å². The van der Waals surface area contributed by atoms with Gasteiger partial charge >= 0.3 is 0 Å².